The molecule has 96 valence electrons. The van der Waals surface area contributed by atoms with Crippen LogP contribution in [0.2, 0.25) is 0 Å². The molecule has 0 aliphatic rings. The number of nitrogens with zero attached hydrogens (tertiary/aromatic N) is 4. The van der Waals surface area contributed by atoms with Crippen molar-refractivity contribution >= 4 is 17.3 Å². The number of hydrogen-bond acceptors (Lipinski definition) is 6. The Balaban J connectivity index is 1.97. The maximum atomic E-state index is 10.7. The second-order valence-electron chi connectivity index (χ2n) is 3.56. The van der Waals surface area contributed by atoms with Crippen molar-refractivity contribution in [2.45, 2.75) is 26.5 Å². The van der Waals surface area contributed by atoms with Gasteiger partial charge in [0.15, 0.2) is 5.82 Å². The molecule has 0 fully saturated rings. The number of thiophene rings is 1. The molecule has 2 aromatic rings. The Labute approximate surface area is 107 Å². The van der Waals surface area contributed by atoms with Crippen LogP contribution in [0.15, 0.2) is 11.4 Å². The van der Waals surface area contributed by atoms with Gasteiger partial charge in [-0.05, 0) is 16.8 Å². The summed E-state index contributed by atoms with van der Waals surface area (Å²) in [6, 6.07) is 1.49. The maximum Gasteiger partial charge on any atom is 0.346 e. The van der Waals surface area contributed by atoms with E-state index in [1.807, 2.05) is 6.92 Å². The highest BCUT2D eigenvalue weighted by atomic mass is 32.1. The number of aromatic nitrogens is 4. The van der Waals surface area contributed by atoms with Gasteiger partial charge in [-0.15, -0.1) is 16.4 Å². The molecule has 2 heterocycles. The smallest absolute Gasteiger partial charge is 0.346 e. The average molecular weight is 268 g/mol. The lowest BCUT2D eigenvalue weighted by atomic mass is 10.4. The number of rotatable bonds is 6. The summed E-state index contributed by atoms with van der Waals surface area (Å²) < 4.78 is 7.12. The van der Waals surface area contributed by atoms with Crippen molar-refractivity contribution in [3.63, 3.8) is 0 Å². The Kier molecular flexibility index (Phi) is 3.88. The van der Waals surface area contributed by atoms with Crippen LogP contribution < -0.4 is 4.74 Å². The van der Waals surface area contributed by atoms with Crippen LogP contribution in [0.3, 0.4) is 0 Å². The van der Waals surface area contributed by atoms with E-state index < -0.39 is 5.97 Å². The summed E-state index contributed by atoms with van der Waals surface area (Å²) >= 11 is 1.13. The molecule has 0 bridgehead atoms. The van der Waals surface area contributed by atoms with Gasteiger partial charge in [-0.3, -0.25) is 0 Å². The molecule has 0 aromatic carbocycles. The largest absolute Gasteiger partial charge is 0.485 e. The number of ether oxygens (including phenoxy) is 1. The third kappa shape index (κ3) is 2.83. The van der Waals surface area contributed by atoms with Gasteiger partial charge < -0.3 is 9.84 Å². The number of carboxylic acids is 1. The predicted octanol–water partition coefficient (Wildman–Crippen LogP) is 1.42. The Hall–Kier alpha value is -1.96. The lowest BCUT2D eigenvalue weighted by molar-refractivity contribution is 0.0702. The van der Waals surface area contributed by atoms with Crippen molar-refractivity contribution in [1.82, 2.24) is 20.2 Å². The molecule has 0 radical (unpaired) electrons. The van der Waals surface area contributed by atoms with Gasteiger partial charge in [0.2, 0.25) is 0 Å². The van der Waals surface area contributed by atoms with Crippen molar-refractivity contribution in [3.05, 3.63) is 22.1 Å². The number of aromatic carboxylic acids is 1. The highest BCUT2D eigenvalue weighted by molar-refractivity contribution is 7.12. The van der Waals surface area contributed by atoms with E-state index in [-0.39, 0.29) is 11.5 Å². The molecule has 0 saturated carbocycles. The Morgan fingerprint density at radius 2 is 2.44 bits per heavy atom. The first-order valence-corrected chi connectivity index (χ1v) is 6.28. The number of aryl methyl sites for hydroxylation is 1. The van der Waals surface area contributed by atoms with Crippen LogP contribution in [-0.2, 0) is 13.2 Å². The van der Waals surface area contributed by atoms with Crippen molar-refractivity contribution in [2.24, 2.45) is 0 Å². The molecule has 1 N–H and O–H groups in total. The third-order valence-electron chi connectivity index (χ3n) is 2.20. The SMILES string of the molecule is CCCn1nnnc1COc1csc(C(=O)O)c1. The molecule has 18 heavy (non-hydrogen) atoms. The molecule has 2 aromatic heterocycles. The monoisotopic (exact) mass is 268 g/mol. The van der Waals surface area contributed by atoms with Crippen LogP contribution in [0.25, 0.3) is 0 Å². The molecule has 0 atom stereocenters. The second-order valence-corrected chi connectivity index (χ2v) is 4.47. The van der Waals surface area contributed by atoms with E-state index in [0.717, 1.165) is 24.3 Å². The number of tetrazole rings is 1. The molecule has 8 heteroatoms. The maximum absolute atomic E-state index is 10.7. The van der Waals surface area contributed by atoms with Gasteiger partial charge >= 0.3 is 5.97 Å². The molecular formula is C10H12N4O3S. The summed E-state index contributed by atoms with van der Waals surface area (Å²) in [6.45, 7) is 2.99. The minimum Gasteiger partial charge on any atom is -0.485 e. The first-order valence-electron chi connectivity index (χ1n) is 5.40. The van der Waals surface area contributed by atoms with Crippen LogP contribution in [0.5, 0.6) is 5.75 Å². The Bertz CT molecular complexity index is 537. The second kappa shape index (κ2) is 5.58. The molecule has 0 spiro atoms. The number of carboxylic acid groups (broad SMARTS) is 1. The van der Waals surface area contributed by atoms with Gasteiger partial charge in [-0.2, -0.15) is 0 Å². The summed E-state index contributed by atoms with van der Waals surface area (Å²) in [5.74, 6) is 0.189. The van der Waals surface area contributed by atoms with Crippen molar-refractivity contribution < 1.29 is 14.6 Å². The van der Waals surface area contributed by atoms with E-state index in [1.54, 1.807) is 10.1 Å². The van der Waals surface area contributed by atoms with E-state index in [9.17, 15) is 4.79 Å². The molecule has 0 saturated heterocycles. The van der Waals surface area contributed by atoms with Crippen LogP contribution in [0, 0.1) is 0 Å². The van der Waals surface area contributed by atoms with Gasteiger partial charge in [-0.25, -0.2) is 9.48 Å². The van der Waals surface area contributed by atoms with Crippen LogP contribution >= 0.6 is 11.3 Å². The molecule has 0 unspecified atom stereocenters. The summed E-state index contributed by atoms with van der Waals surface area (Å²) in [5, 5.41) is 21.7. The van der Waals surface area contributed by atoms with Crippen molar-refractivity contribution in [3.8, 4) is 5.75 Å². The standard InChI is InChI=1S/C10H12N4O3S/c1-2-3-14-9(11-12-13-14)5-17-7-4-8(10(15)16)18-6-7/h4,6H,2-3,5H2,1H3,(H,15,16). The molecule has 2 rings (SSSR count). The average Bonchev–Trinajstić information content (AvgIpc) is 2.95. The molecule has 0 amide bonds. The van der Waals surface area contributed by atoms with E-state index >= 15 is 0 Å². The van der Waals surface area contributed by atoms with Crippen LogP contribution in [-0.4, -0.2) is 31.3 Å². The first kappa shape index (κ1) is 12.5. The first-order chi connectivity index (χ1) is 8.70. The zero-order chi connectivity index (χ0) is 13.0. The van der Waals surface area contributed by atoms with Crippen LogP contribution in [0.4, 0.5) is 0 Å². The molecule has 0 aliphatic carbocycles. The van der Waals surface area contributed by atoms with Crippen molar-refractivity contribution in [1.29, 1.82) is 0 Å². The highest BCUT2D eigenvalue weighted by Crippen LogP contribution is 2.22. The topological polar surface area (TPSA) is 90.1 Å². The van der Waals surface area contributed by atoms with E-state index in [2.05, 4.69) is 15.5 Å². The predicted molar refractivity (Wildman–Crippen MR) is 63.7 cm³/mol. The summed E-state index contributed by atoms with van der Waals surface area (Å²) in [6.07, 6.45) is 0.930. The van der Waals surface area contributed by atoms with Gasteiger partial charge in [0.25, 0.3) is 0 Å². The Morgan fingerprint density at radius 1 is 1.61 bits per heavy atom. The summed E-state index contributed by atoms with van der Waals surface area (Å²) in [5.41, 5.74) is 0. The fraction of sp³-hybridized carbons (Fsp3) is 0.400. The zero-order valence-corrected chi connectivity index (χ0v) is 10.6. The quantitative estimate of drug-likeness (QED) is 0.852. The molecule has 7 nitrogen and oxygen atoms in total. The van der Waals surface area contributed by atoms with Gasteiger partial charge in [-0.1, -0.05) is 6.92 Å². The zero-order valence-electron chi connectivity index (χ0n) is 9.74. The lowest BCUT2D eigenvalue weighted by Crippen LogP contribution is -2.08. The minimum absolute atomic E-state index is 0.225. The Morgan fingerprint density at radius 3 is 3.11 bits per heavy atom. The normalized spacial score (nSPS) is 10.5. The van der Waals surface area contributed by atoms with Gasteiger partial charge in [0.05, 0.1) is 0 Å². The van der Waals surface area contributed by atoms with Crippen molar-refractivity contribution in [2.75, 3.05) is 0 Å². The fourth-order valence-corrected chi connectivity index (χ4v) is 2.03. The van der Waals surface area contributed by atoms with Gasteiger partial charge in [0.1, 0.15) is 17.2 Å². The van der Waals surface area contributed by atoms with Crippen LogP contribution in [0.1, 0.15) is 28.8 Å². The third-order valence-corrected chi connectivity index (χ3v) is 3.09. The fourth-order valence-electron chi connectivity index (χ4n) is 1.37. The van der Waals surface area contributed by atoms with E-state index in [0.29, 0.717) is 11.6 Å². The molecular weight excluding hydrogens is 256 g/mol. The van der Waals surface area contributed by atoms with E-state index in [1.165, 1.54) is 6.07 Å². The van der Waals surface area contributed by atoms with Gasteiger partial charge in [0, 0.05) is 18.0 Å². The summed E-state index contributed by atoms with van der Waals surface area (Å²) in [7, 11) is 0. The molecule has 0 aliphatic heterocycles. The number of hydrogen-bond donors (Lipinski definition) is 1. The minimum atomic E-state index is -0.953. The lowest BCUT2D eigenvalue weighted by Gasteiger charge is -2.03. The number of carbonyl (C=O) groups is 1. The summed E-state index contributed by atoms with van der Waals surface area (Å²) in [4.78, 5) is 11.0. The van der Waals surface area contributed by atoms with E-state index in [4.69, 9.17) is 9.84 Å². The highest BCUT2D eigenvalue weighted by Gasteiger charge is 2.10.